The summed E-state index contributed by atoms with van der Waals surface area (Å²) >= 11 is 0. The second kappa shape index (κ2) is 8.81. The van der Waals surface area contributed by atoms with Crippen LogP contribution >= 0.6 is 0 Å². The number of hydrogen-bond donors (Lipinski definition) is 2. The second-order valence-corrected chi connectivity index (χ2v) is 10.5. The molecule has 0 saturated carbocycles. The van der Waals surface area contributed by atoms with Gasteiger partial charge in [0.1, 0.15) is 16.9 Å². The van der Waals surface area contributed by atoms with Crippen LogP contribution in [0.2, 0.25) is 0 Å². The molecule has 4 aromatic rings. The third kappa shape index (κ3) is 3.71. The summed E-state index contributed by atoms with van der Waals surface area (Å²) in [7, 11) is 0. The first-order valence-electron chi connectivity index (χ1n) is 12.6. The van der Waals surface area contributed by atoms with Gasteiger partial charge < -0.3 is 15.1 Å². The number of phenolic OH excluding ortho intramolecular Hbond substituents is 2. The Kier molecular flexibility index (Phi) is 5.86. The Morgan fingerprint density at radius 3 is 1.70 bits per heavy atom. The van der Waals surface area contributed by atoms with Gasteiger partial charge in [-0.1, -0.05) is 66.2 Å². The van der Waals surface area contributed by atoms with Gasteiger partial charge in [-0.3, -0.25) is 4.79 Å². The number of nitrogens with zero attached hydrogens (tertiary/aromatic N) is 1. The highest BCUT2D eigenvalue weighted by atomic mass is 16.3. The van der Waals surface area contributed by atoms with E-state index < -0.39 is 5.41 Å². The number of aromatic hydroxyl groups is 2. The van der Waals surface area contributed by atoms with Crippen LogP contribution in [0.3, 0.4) is 0 Å². The standard InChI is InChI=1S/C33H33NO3/c1-19-11-12-29-28(13-19)33(26-14-21(3)30(35)22(4)15-26,27-16-23(5)31(36)24(6)17-27)32(37)34(29)18-25-10-8-7-9-20(25)2/h7-17,35-36H,18H2,1-6H3. The molecule has 4 nitrogen and oxygen atoms in total. The van der Waals surface area contributed by atoms with E-state index in [1.54, 1.807) is 0 Å². The highest BCUT2D eigenvalue weighted by Gasteiger charge is 2.54. The molecule has 0 radical (unpaired) electrons. The van der Waals surface area contributed by atoms with Crippen LogP contribution in [0.5, 0.6) is 11.5 Å². The molecule has 0 aliphatic carbocycles. The van der Waals surface area contributed by atoms with Crippen molar-refractivity contribution >= 4 is 11.6 Å². The quantitative estimate of drug-likeness (QED) is 0.329. The summed E-state index contributed by atoms with van der Waals surface area (Å²) in [5.41, 5.74) is 8.48. The van der Waals surface area contributed by atoms with Gasteiger partial charge in [0.25, 0.3) is 0 Å². The fourth-order valence-corrected chi connectivity index (χ4v) is 5.80. The van der Waals surface area contributed by atoms with E-state index in [-0.39, 0.29) is 17.4 Å². The minimum atomic E-state index is -1.13. The molecular formula is C33H33NO3. The van der Waals surface area contributed by atoms with Gasteiger partial charge in [0.05, 0.1) is 6.54 Å². The first-order valence-corrected chi connectivity index (χ1v) is 12.6. The third-order valence-corrected chi connectivity index (χ3v) is 7.85. The van der Waals surface area contributed by atoms with Gasteiger partial charge in [0.2, 0.25) is 5.91 Å². The summed E-state index contributed by atoms with van der Waals surface area (Å²) in [5.74, 6) is 0.442. The summed E-state index contributed by atoms with van der Waals surface area (Å²) < 4.78 is 0. The van der Waals surface area contributed by atoms with Crippen LogP contribution in [0.1, 0.15) is 55.6 Å². The molecule has 0 aromatic heterocycles. The third-order valence-electron chi connectivity index (χ3n) is 7.85. The van der Waals surface area contributed by atoms with E-state index in [0.29, 0.717) is 6.54 Å². The van der Waals surface area contributed by atoms with Crippen molar-refractivity contribution < 1.29 is 15.0 Å². The molecule has 0 spiro atoms. The SMILES string of the molecule is Cc1ccc2c(c1)C(c1cc(C)c(O)c(C)c1)(c1cc(C)c(O)c(C)c1)C(=O)N2Cc1ccccc1C. The van der Waals surface area contributed by atoms with Crippen molar-refractivity contribution in [1.29, 1.82) is 0 Å². The maximum Gasteiger partial charge on any atom is 0.247 e. The van der Waals surface area contributed by atoms with E-state index in [0.717, 1.165) is 61.3 Å². The van der Waals surface area contributed by atoms with Gasteiger partial charge in [0.15, 0.2) is 0 Å². The number of amides is 1. The summed E-state index contributed by atoms with van der Waals surface area (Å²) in [6, 6.07) is 22.1. The number of carbonyl (C=O) groups excluding carboxylic acids is 1. The molecule has 0 fully saturated rings. The number of anilines is 1. The topological polar surface area (TPSA) is 60.8 Å². The largest absolute Gasteiger partial charge is 0.507 e. The van der Waals surface area contributed by atoms with Gasteiger partial charge in [-0.2, -0.15) is 0 Å². The average Bonchev–Trinajstić information content (AvgIpc) is 3.09. The second-order valence-electron chi connectivity index (χ2n) is 10.5. The number of rotatable bonds is 4. The van der Waals surface area contributed by atoms with Crippen LogP contribution in [0.25, 0.3) is 0 Å². The van der Waals surface area contributed by atoms with Crippen LogP contribution < -0.4 is 4.90 Å². The molecule has 37 heavy (non-hydrogen) atoms. The molecule has 0 atom stereocenters. The normalized spacial score (nSPS) is 14.2. The molecule has 1 aliphatic rings. The zero-order valence-electron chi connectivity index (χ0n) is 22.3. The van der Waals surface area contributed by atoms with E-state index in [4.69, 9.17) is 0 Å². The van der Waals surface area contributed by atoms with Crippen LogP contribution in [0, 0.1) is 41.5 Å². The Hall–Kier alpha value is -4.05. The van der Waals surface area contributed by atoms with Gasteiger partial charge in [-0.15, -0.1) is 0 Å². The number of fused-ring (bicyclic) bond motifs is 1. The lowest BCUT2D eigenvalue weighted by atomic mass is 9.68. The Morgan fingerprint density at radius 2 is 1.19 bits per heavy atom. The van der Waals surface area contributed by atoms with Gasteiger partial charge in [-0.05, 0) is 92.1 Å². The zero-order chi connectivity index (χ0) is 26.6. The number of benzene rings is 4. The van der Waals surface area contributed by atoms with Gasteiger partial charge >= 0.3 is 0 Å². The molecule has 2 N–H and O–H groups in total. The zero-order valence-corrected chi connectivity index (χ0v) is 22.3. The van der Waals surface area contributed by atoms with Crippen molar-refractivity contribution in [3.8, 4) is 11.5 Å². The van der Waals surface area contributed by atoms with Crippen LogP contribution in [0.15, 0.2) is 66.7 Å². The maximum atomic E-state index is 14.9. The molecular weight excluding hydrogens is 458 g/mol. The van der Waals surface area contributed by atoms with Crippen LogP contribution in [-0.4, -0.2) is 16.1 Å². The molecule has 0 saturated heterocycles. The van der Waals surface area contributed by atoms with Crippen molar-refractivity contribution in [2.75, 3.05) is 4.90 Å². The molecule has 1 heterocycles. The van der Waals surface area contributed by atoms with E-state index in [1.807, 2.05) is 88.0 Å². The lowest BCUT2D eigenvalue weighted by Crippen LogP contribution is -2.42. The smallest absolute Gasteiger partial charge is 0.247 e. The highest BCUT2D eigenvalue weighted by molar-refractivity contribution is 6.13. The van der Waals surface area contributed by atoms with Gasteiger partial charge in [0, 0.05) is 11.3 Å². The molecule has 1 aliphatic heterocycles. The molecule has 188 valence electrons. The Bertz CT molecular complexity index is 1460. The molecule has 1 amide bonds. The summed E-state index contributed by atoms with van der Waals surface area (Å²) in [6.45, 7) is 12.0. The maximum absolute atomic E-state index is 14.9. The highest BCUT2D eigenvalue weighted by Crippen LogP contribution is 2.52. The van der Waals surface area contributed by atoms with Crippen molar-refractivity contribution in [3.63, 3.8) is 0 Å². The Balaban J connectivity index is 1.87. The van der Waals surface area contributed by atoms with E-state index in [9.17, 15) is 15.0 Å². The first-order chi connectivity index (χ1) is 17.5. The van der Waals surface area contributed by atoms with Crippen molar-refractivity contribution in [1.82, 2.24) is 0 Å². The number of aryl methyl sites for hydroxylation is 6. The lowest BCUT2D eigenvalue weighted by molar-refractivity contribution is -0.120. The molecule has 0 bridgehead atoms. The molecule has 4 aromatic carbocycles. The Morgan fingerprint density at radius 1 is 0.676 bits per heavy atom. The lowest BCUT2D eigenvalue weighted by Gasteiger charge is -2.32. The number of hydrogen-bond acceptors (Lipinski definition) is 3. The van der Waals surface area contributed by atoms with Crippen LogP contribution in [-0.2, 0) is 16.8 Å². The monoisotopic (exact) mass is 491 g/mol. The van der Waals surface area contributed by atoms with Crippen molar-refractivity contribution in [2.45, 2.75) is 53.5 Å². The predicted molar refractivity (Wildman–Crippen MR) is 149 cm³/mol. The fraction of sp³-hybridized carbons (Fsp3) is 0.242. The van der Waals surface area contributed by atoms with Crippen molar-refractivity contribution in [2.24, 2.45) is 0 Å². The molecule has 4 heteroatoms. The van der Waals surface area contributed by atoms with E-state index in [2.05, 4.69) is 25.1 Å². The summed E-state index contributed by atoms with van der Waals surface area (Å²) in [4.78, 5) is 16.8. The first kappa shape index (κ1) is 24.6. The van der Waals surface area contributed by atoms with E-state index in [1.165, 1.54) is 0 Å². The van der Waals surface area contributed by atoms with Gasteiger partial charge in [-0.25, -0.2) is 0 Å². The van der Waals surface area contributed by atoms with Crippen LogP contribution in [0.4, 0.5) is 5.69 Å². The fourth-order valence-electron chi connectivity index (χ4n) is 5.80. The predicted octanol–water partition coefficient (Wildman–Crippen LogP) is 6.83. The summed E-state index contributed by atoms with van der Waals surface area (Å²) in [5, 5.41) is 21.2. The number of carbonyl (C=O) groups is 1. The summed E-state index contributed by atoms with van der Waals surface area (Å²) in [6.07, 6.45) is 0. The minimum Gasteiger partial charge on any atom is -0.507 e. The number of phenols is 2. The average molecular weight is 492 g/mol. The molecule has 0 unspecified atom stereocenters. The molecule has 5 rings (SSSR count). The minimum absolute atomic E-state index is 0.0367. The van der Waals surface area contributed by atoms with E-state index >= 15 is 0 Å². The Labute approximate surface area is 218 Å². The van der Waals surface area contributed by atoms with Crippen molar-refractivity contribution in [3.05, 3.63) is 122 Å².